The van der Waals surface area contributed by atoms with E-state index < -0.39 is 0 Å². The van der Waals surface area contributed by atoms with Crippen molar-refractivity contribution >= 4 is 17.7 Å². The Morgan fingerprint density at radius 2 is 2.12 bits per heavy atom. The van der Waals surface area contributed by atoms with Crippen molar-refractivity contribution in [3.63, 3.8) is 0 Å². The third-order valence-electron chi connectivity index (χ3n) is 3.91. The average molecular weight is 345 g/mol. The molecule has 126 valence electrons. The van der Waals surface area contributed by atoms with Crippen molar-refractivity contribution < 1.29 is 9.53 Å². The zero-order valence-corrected chi connectivity index (χ0v) is 14.2. The van der Waals surface area contributed by atoms with E-state index in [1.54, 1.807) is 7.11 Å². The second-order valence-electron chi connectivity index (χ2n) is 5.56. The topological polar surface area (TPSA) is 84.1 Å². The number of rotatable bonds is 6. The number of amides is 1. The lowest BCUT2D eigenvalue weighted by Gasteiger charge is -2.07. The molecule has 0 bridgehead atoms. The number of fused-ring (bicyclic) bond motifs is 1. The van der Waals surface area contributed by atoms with Crippen LogP contribution in [0, 0.1) is 0 Å². The van der Waals surface area contributed by atoms with Gasteiger partial charge in [-0.05, 0) is 37.0 Å². The molecular weight excluding hydrogens is 326 g/mol. The molecule has 0 aliphatic heterocycles. The number of H-pyrrole nitrogens is 1. The third kappa shape index (κ3) is 3.97. The van der Waals surface area contributed by atoms with Gasteiger partial charge in [0.05, 0.1) is 18.6 Å². The molecule has 1 aliphatic carbocycles. The number of thioether (sulfide) groups is 1. The Morgan fingerprint density at radius 3 is 2.88 bits per heavy atom. The minimum absolute atomic E-state index is 0.0707. The number of nitrogens with one attached hydrogen (secondary N) is 2. The van der Waals surface area contributed by atoms with Crippen molar-refractivity contribution in [3.05, 3.63) is 51.4 Å². The largest absolute Gasteiger partial charge is 0.497 e. The number of hydrogen-bond acceptors (Lipinski definition) is 5. The summed E-state index contributed by atoms with van der Waals surface area (Å²) in [6.07, 6.45) is 2.61. The van der Waals surface area contributed by atoms with Gasteiger partial charge in [0.15, 0.2) is 5.16 Å². The fraction of sp³-hybridized carbons (Fsp3) is 0.353. The molecule has 0 fully saturated rings. The molecule has 3 rings (SSSR count). The number of aryl methyl sites for hydroxylation is 1. The Kier molecular flexibility index (Phi) is 5.20. The number of methoxy groups -OCH3 is 1. The molecule has 0 atom stereocenters. The predicted octanol–water partition coefficient (Wildman–Crippen LogP) is 1.68. The Morgan fingerprint density at radius 1 is 1.33 bits per heavy atom. The molecule has 24 heavy (non-hydrogen) atoms. The highest BCUT2D eigenvalue weighted by Crippen LogP contribution is 2.19. The standard InChI is InChI=1S/C17H19N3O3S/c1-23-12-7-5-11(6-8-12)9-18-15(21)10-24-17-19-14-4-2-3-13(14)16(22)20-17/h5-8H,2-4,9-10H2,1H3,(H,18,21)(H,19,20,22). The monoisotopic (exact) mass is 345 g/mol. The van der Waals surface area contributed by atoms with Crippen LogP contribution in [0.2, 0.25) is 0 Å². The van der Waals surface area contributed by atoms with Crippen LogP contribution >= 0.6 is 11.8 Å². The van der Waals surface area contributed by atoms with Crippen LogP contribution in [0.15, 0.2) is 34.2 Å². The van der Waals surface area contributed by atoms with E-state index in [-0.39, 0.29) is 17.2 Å². The quantitative estimate of drug-likeness (QED) is 0.615. The molecule has 6 nitrogen and oxygen atoms in total. The van der Waals surface area contributed by atoms with Crippen LogP contribution < -0.4 is 15.6 Å². The van der Waals surface area contributed by atoms with Gasteiger partial charge < -0.3 is 15.0 Å². The summed E-state index contributed by atoms with van der Waals surface area (Å²) >= 11 is 1.25. The summed E-state index contributed by atoms with van der Waals surface area (Å²) in [6, 6.07) is 7.53. The van der Waals surface area contributed by atoms with Crippen molar-refractivity contribution in [2.45, 2.75) is 31.0 Å². The molecule has 1 heterocycles. The van der Waals surface area contributed by atoms with E-state index in [0.29, 0.717) is 11.7 Å². The fourth-order valence-electron chi connectivity index (χ4n) is 2.62. The summed E-state index contributed by atoms with van der Waals surface area (Å²) in [5.74, 6) is 0.906. The van der Waals surface area contributed by atoms with Gasteiger partial charge in [0, 0.05) is 12.1 Å². The Bertz CT molecular complexity index is 787. The van der Waals surface area contributed by atoms with Gasteiger partial charge in [0.25, 0.3) is 5.56 Å². The number of carbonyl (C=O) groups is 1. The molecule has 0 saturated heterocycles. The van der Waals surface area contributed by atoms with E-state index in [9.17, 15) is 9.59 Å². The number of hydrogen-bond donors (Lipinski definition) is 2. The summed E-state index contributed by atoms with van der Waals surface area (Å²) in [7, 11) is 1.62. The van der Waals surface area contributed by atoms with E-state index in [0.717, 1.165) is 41.8 Å². The summed E-state index contributed by atoms with van der Waals surface area (Å²) in [5, 5.41) is 3.37. The highest BCUT2D eigenvalue weighted by molar-refractivity contribution is 7.99. The minimum atomic E-state index is -0.0982. The van der Waals surface area contributed by atoms with Gasteiger partial charge in [-0.25, -0.2) is 4.98 Å². The first kappa shape index (κ1) is 16.6. The van der Waals surface area contributed by atoms with Gasteiger partial charge in [-0.1, -0.05) is 23.9 Å². The molecule has 0 unspecified atom stereocenters. The first-order valence-electron chi connectivity index (χ1n) is 7.80. The van der Waals surface area contributed by atoms with Gasteiger partial charge in [-0.2, -0.15) is 0 Å². The van der Waals surface area contributed by atoms with Crippen LogP contribution in [0.1, 0.15) is 23.2 Å². The number of ether oxygens (including phenoxy) is 1. The molecule has 1 aromatic heterocycles. The van der Waals surface area contributed by atoms with Gasteiger partial charge in [-0.15, -0.1) is 0 Å². The summed E-state index contributed by atoms with van der Waals surface area (Å²) < 4.78 is 5.10. The van der Waals surface area contributed by atoms with E-state index in [1.165, 1.54) is 11.8 Å². The highest BCUT2D eigenvalue weighted by atomic mass is 32.2. The molecule has 1 aliphatic rings. The summed E-state index contributed by atoms with van der Waals surface area (Å²) in [4.78, 5) is 31.1. The molecule has 0 saturated carbocycles. The second-order valence-corrected chi connectivity index (χ2v) is 6.53. The van der Waals surface area contributed by atoms with Crippen LogP contribution in [0.5, 0.6) is 5.75 Å². The first-order chi connectivity index (χ1) is 11.7. The lowest BCUT2D eigenvalue weighted by molar-refractivity contribution is -0.118. The molecular formula is C17H19N3O3S. The third-order valence-corrected chi connectivity index (χ3v) is 4.78. The van der Waals surface area contributed by atoms with E-state index in [1.807, 2.05) is 24.3 Å². The highest BCUT2D eigenvalue weighted by Gasteiger charge is 2.17. The fourth-order valence-corrected chi connectivity index (χ4v) is 3.33. The van der Waals surface area contributed by atoms with Crippen molar-refractivity contribution in [3.8, 4) is 5.75 Å². The van der Waals surface area contributed by atoms with Crippen LogP contribution in [-0.2, 0) is 24.2 Å². The van der Waals surface area contributed by atoms with Crippen LogP contribution in [0.4, 0.5) is 0 Å². The SMILES string of the molecule is COc1ccc(CNC(=O)CSc2nc3c(c(=O)[nH]2)CCC3)cc1. The smallest absolute Gasteiger partial charge is 0.254 e. The zero-order valence-electron chi connectivity index (χ0n) is 13.4. The molecule has 0 spiro atoms. The number of aromatic amines is 1. The maximum Gasteiger partial charge on any atom is 0.254 e. The zero-order chi connectivity index (χ0) is 16.9. The Hall–Kier alpha value is -2.28. The van der Waals surface area contributed by atoms with Crippen LogP contribution in [0.25, 0.3) is 0 Å². The normalized spacial score (nSPS) is 12.7. The summed E-state index contributed by atoms with van der Waals surface area (Å²) in [5.41, 5.74) is 2.60. The van der Waals surface area contributed by atoms with Crippen molar-refractivity contribution in [2.75, 3.05) is 12.9 Å². The van der Waals surface area contributed by atoms with Gasteiger partial charge in [0.1, 0.15) is 5.75 Å². The Labute approximate surface area is 144 Å². The van der Waals surface area contributed by atoms with Gasteiger partial charge in [-0.3, -0.25) is 9.59 Å². The van der Waals surface area contributed by atoms with Gasteiger partial charge in [0.2, 0.25) is 5.91 Å². The number of aromatic nitrogens is 2. The van der Waals surface area contributed by atoms with Crippen LogP contribution in [0.3, 0.4) is 0 Å². The minimum Gasteiger partial charge on any atom is -0.497 e. The molecule has 2 aromatic rings. The lowest BCUT2D eigenvalue weighted by Crippen LogP contribution is -2.25. The second kappa shape index (κ2) is 7.53. The molecule has 1 aromatic carbocycles. The summed E-state index contributed by atoms with van der Waals surface area (Å²) in [6.45, 7) is 0.456. The molecule has 2 N–H and O–H groups in total. The molecule has 0 radical (unpaired) electrons. The van der Waals surface area contributed by atoms with E-state index in [2.05, 4.69) is 15.3 Å². The van der Waals surface area contributed by atoms with E-state index >= 15 is 0 Å². The number of benzene rings is 1. The Balaban J connectivity index is 1.50. The molecule has 1 amide bonds. The van der Waals surface area contributed by atoms with Crippen molar-refractivity contribution in [2.24, 2.45) is 0 Å². The van der Waals surface area contributed by atoms with E-state index in [4.69, 9.17) is 4.74 Å². The first-order valence-corrected chi connectivity index (χ1v) is 8.79. The maximum absolute atomic E-state index is 12.0. The average Bonchev–Trinajstić information content (AvgIpc) is 3.08. The maximum atomic E-state index is 12.0. The van der Waals surface area contributed by atoms with Gasteiger partial charge >= 0.3 is 0 Å². The lowest BCUT2D eigenvalue weighted by atomic mass is 10.2. The number of nitrogens with zero attached hydrogens (tertiary/aromatic N) is 1. The number of carbonyl (C=O) groups excluding carboxylic acids is 1. The van der Waals surface area contributed by atoms with Crippen molar-refractivity contribution in [1.82, 2.24) is 15.3 Å². The predicted molar refractivity (Wildman–Crippen MR) is 92.4 cm³/mol. The van der Waals surface area contributed by atoms with Crippen LogP contribution in [-0.4, -0.2) is 28.7 Å². The molecule has 7 heteroatoms. The van der Waals surface area contributed by atoms with Crippen molar-refractivity contribution in [1.29, 1.82) is 0 Å².